The monoisotopic (exact) mass is 314 g/mol. The van der Waals surface area contributed by atoms with Gasteiger partial charge in [0.2, 0.25) is 0 Å². The van der Waals surface area contributed by atoms with Crippen molar-refractivity contribution in [3.05, 3.63) is 28.2 Å². The zero-order valence-electron chi connectivity index (χ0n) is 10.6. The van der Waals surface area contributed by atoms with E-state index < -0.39 is 6.10 Å². The highest BCUT2D eigenvalue weighted by Gasteiger charge is 2.16. The second-order valence-electron chi connectivity index (χ2n) is 4.72. The SMILES string of the molecule is C[C@@H](O)c1ccc(Br)cc1OCC1CCOCC1. The van der Waals surface area contributed by atoms with E-state index in [1.54, 1.807) is 6.92 Å². The number of aliphatic hydroxyl groups is 1. The van der Waals surface area contributed by atoms with E-state index in [-0.39, 0.29) is 0 Å². The Morgan fingerprint density at radius 1 is 1.44 bits per heavy atom. The molecule has 0 unspecified atom stereocenters. The number of hydrogen-bond acceptors (Lipinski definition) is 3. The third kappa shape index (κ3) is 3.70. The summed E-state index contributed by atoms with van der Waals surface area (Å²) in [5, 5.41) is 9.72. The van der Waals surface area contributed by atoms with E-state index in [1.807, 2.05) is 18.2 Å². The van der Waals surface area contributed by atoms with Crippen LogP contribution in [0.15, 0.2) is 22.7 Å². The highest BCUT2D eigenvalue weighted by Crippen LogP contribution is 2.29. The van der Waals surface area contributed by atoms with Gasteiger partial charge in [-0.1, -0.05) is 22.0 Å². The Labute approximate surface area is 116 Å². The number of benzene rings is 1. The van der Waals surface area contributed by atoms with Crippen LogP contribution in [0.5, 0.6) is 5.75 Å². The van der Waals surface area contributed by atoms with Crippen LogP contribution in [0.1, 0.15) is 31.4 Å². The lowest BCUT2D eigenvalue weighted by molar-refractivity contribution is 0.0491. The number of ether oxygens (including phenoxy) is 2. The molecule has 1 heterocycles. The molecule has 0 radical (unpaired) electrons. The zero-order chi connectivity index (χ0) is 13.0. The topological polar surface area (TPSA) is 38.7 Å². The average Bonchev–Trinajstić information content (AvgIpc) is 2.37. The van der Waals surface area contributed by atoms with Gasteiger partial charge in [0.15, 0.2) is 0 Å². The molecule has 0 bridgehead atoms. The van der Waals surface area contributed by atoms with Gasteiger partial charge in [0.1, 0.15) is 5.75 Å². The van der Waals surface area contributed by atoms with Crippen molar-refractivity contribution >= 4 is 15.9 Å². The van der Waals surface area contributed by atoms with Crippen LogP contribution >= 0.6 is 15.9 Å². The van der Waals surface area contributed by atoms with Gasteiger partial charge in [0, 0.05) is 23.2 Å². The fourth-order valence-electron chi connectivity index (χ4n) is 2.10. The lowest BCUT2D eigenvalue weighted by Crippen LogP contribution is -2.21. The van der Waals surface area contributed by atoms with Crippen LogP contribution in [0, 0.1) is 5.92 Å². The van der Waals surface area contributed by atoms with Crippen LogP contribution in [0.4, 0.5) is 0 Å². The first-order valence-corrected chi connectivity index (χ1v) is 7.14. The maximum atomic E-state index is 9.72. The van der Waals surface area contributed by atoms with Crippen LogP contribution < -0.4 is 4.74 Å². The Bertz CT molecular complexity index is 387. The molecule has 1 aliphatic rings. The van der Waals surface area contributed by atoms with E-state index in [9.17, 15) is 5.11 Å². The molecule has 18 heavy (non-hydrogen) atoms. The van der Waals surface area contributed by atoms with Crippen molar-refractivity contribution in [1.29, 1.82) is 0 Å². The number of hydrogen-bond donors (Lipinski definition) is 1. The maximum absolute atomic E-state index is 9.72. The largest absolute Gasteiger partial charge is 0.493 e. The van der Waals surface area contributed by atoms with Crippen LogP contribution in [0.25, 0.3) is 0 Å². The van der Waals surface area contributed by atoms with Gasteiger partial charge in [0.05, 0.1) is 12.7 Å². The van der Waals surface area contributed by atoms with Gasteiger partial charge in [-0.25, -0.2) is 0 Å². The molecular formula is C14H19BrO3. The minimum Gasteiger partial charge on any atom is -0.493 e. The first-order chi connectivity index (χ1) is 8.66. The Kier molecular flexibility index (Phi) is 5.03. The summed E-state index contributed by atoms with van der Waals surface area (Å²) in [6.07, 6.45) is 1.60. The molecule has 3 nitrogen and oxygen atoms in total. The lowest BCUT2D eigenvalue weighted by atomic mass is 10.0. The summed E-state index contributed by atoms with van der Waals surface area (Å²) in [6, 6.07) is 5.73. The second kappa shape index (κ2) is 6.55. The van der Waals surface area contributed by atoms with Crippen molar-refractivity contribution in [2.24, 2.45) is 5.92 Å². The summed E-state index contributed by atoms with van der Waals surface area (Å²) < 4.78 is 12.2. The molecule has 1 saturated heterocycles. The summed E-state index contributed by atoms with van der Waals surface area (Å²) in [4.78, 5) is 0. The molecule has 1 atom stereocenters. The van der Waals surface area contributed by atoms with Gasteiger partial charge in [-0.15, -0.1) is 0 Å². The predicted octanol–water partition coefficient (Wildman–Crippen LogP) is 3.31. The quantitative estimate of drug-likeness (QED) is 0.926. The van der Waals surface area contributed by atoms with E-state index in [4.69, 9.17) is 9.47 Å². The number of aliphatic hydroxyl groups excluding tert-OH is 1. The molecule has 1 aromatic rings. The molecule has 100 valence electrons. The van der Waals surface area contributed by atoms with Gasteiger partial charge in [-0.3, -0.25) is 0 Å². The normalized spacial score (nSPS) is 18.6. The van der Waals surface area contributed by atoms with Crippen molar-refractivity contribution in [3.63, 3.8) is 0 Å². The third-order valence-corrected chi connectivity index (χ3v) is 3.73. The van der Waals surface area contributed by atoms with Crippen molar-refractivity contribution in [1.82, 2.24) is 0 Å². The zero-order valence-corrected chi connectivity index (χ0v) is 12.1. The summed E-state index contributed by atoms with van der Waals surface area (Å²) in [6.45, 7) is 4.11. The first-order valence-electron chi connectivity index (χ1n) is 6.35. The highest BCUT2D eigenvalue weighted by molar-refractivity contribution is 9.10. The Balaban J connectivity index is 2.00. The van der Waals surface area contributed by atoms with Gasteiger partial charge in [-0.05, 0) is 37.8 Å². The molecule has 0 aliphatic carbocycles. The molecule has 1 N–H and O–H groups in total. The molecular weight excluding hydrogens is 296 g/mol. The molecule has 1 aliphatic heterocycles. The van der Waals surface area contributed by atoms with Crippen molar-refractivity contribution in [2.75, 3.05) is 19.8 Å². The van der Waals surface area contributed by atoms with Gasteiger partial charge < -0.3 is 14.6 Å². The maximum Gasteiger partial charge on any atom is 0.126 e. The molecule has 0 aromatic heterocycles. The van der Waals surface area contributed by atoms with Gasteiger partial charge >= 0.3 is 0 Å². The smallest absolute Gasteiger partial charge is 0.126 e. The predicted molar refractivity (Wildman–Crippen MR) is 73.8 cm³/mol. The van der Waals surface area contributed by atoms with Gasteiger partial charge in [0.25, 0.3) is 0 Å². The molecule has 4 heteroatoms. The Morgan fingerprint density at radius 2 is 2.17 bits per heavy atom. The molecule has 1 aromatic carbocycles. The molecule has 0 spiro atoms. The number of halogens is 1. The lowest BCUT2D eigenvalue weighted by Gasteiger charge is -2.23. The minimum absolute atomic E-state index is 0.511. The molecule has 2 rings (SSSR count). The van der Waals surface area contributed by atoms with E-state index in [0.717, 1.165) is 41.8 Å². The van der Waals surface area contributed by atoms with E-state index in [2.05, 4.69) is 15.9 Å². The summed E-state index contributed by atoms with van der Waals surface area (Å²) in [5.41, 5.74) is 0.838. The standard InChI is InChI=1S/C14H19BrO3/c1-10(16)13-3-2-12(15)8-14(13)18-9-11-4-6-17-7-5-11/h2-3,8,10-11,16H,4-7,9H2,1H3/t10-/m1/s1. The van der Waals surface area contributed by atoms with E-state index in [0.29, 0.717) is 12.5 Å². The van der Waals surface area contributed by atoms with E-state index in [1.165, 1.54) is 0 Å². The van der Waals surface area contributed by atoms with Crippen molar-refractivity contribution in [3.8, 4) is 5.75 Å². The van der Waals surface area contributed by atoms with Crippen LogP contribution in [0.3, 0.4) is 0 Å². The van der Waals surface area contributed by atoms with E-state index >= 15 is 0 Å². The Morgan fingerprint density at radius 3 is 2.83 bits per heavy atom. The highest BCUT2D eigenvalue weighted by atomic mass is 79.9. The molecule has 1 fully saturated rings. The summed E-state index contributed by atoms with van der Waals surface area (Å²) >= 11 is 3.43. The fourth-order valence-corrected chi connectivity index (χ4v) is 2.44. The van der Waals surface area contributed by atoms with Crippen molar-refractivity contribution < 1.29 is 14.6 Å². The molecule has 0 amide bonds. The Hall–Kier alpha value is -0.580. The average molecular weight is 315 g/mol. The first kappa shape index (κ1) is 13.8. The molecule has 0 saturated carbocycles. The fraction of sp³-hybridized carbons (Fsp3) is 0.571. The number of rotatable bonds is 4. The van der Waals surface area contributed by atoms with Crippen LogP contribution in [0.2, 0.25) is 0 Å². The van der Waals surface area contributed by atoms with Gasteiger partial charge in [-0.2, -0.15) is 0 Å². The van der Waals surface area contributed by atoms with Crippen LogP contribution in [-0.4, -0.2) is 24.9 Å². The minimum atomic E-state index is -0.511. The van der Waals surface area contributed by atoms with Crippen LogP contribution in [-0.2, 0) is 4.74 Å². The van der Waals surface area contributed by atoms with Crippen molar-refractivity contribution in [2.45, 2.75) is 25.9 Å². The summed E-state index contributed by atoms with van der Waals surface area (Å²) in [5.74, 6) is 1.32. The third-order valence-electron chi connectivity index (χ3n) is 3.24. The summed E-state index contributed by atoms with van der Waals surface area (Å²) in [7, 11) is 0. The second-order valence-corrected chi connectivity index (χ2v) is 5.64.